The smallest absolute Gasteiger partial charge is 0.288 e. The molecule has 100 valence electrons. The minimum atomic E-state index is -2.41. The van der Waals surface area contributed by atoms with Gasteiger partial charge in [0.25, 0.3) is 5.76 Å². The maximum absolute atomic E-state index is 12.4. The third-order valence-corrected chi connectivity index (χ3v) is 5.02. The molecule has 0 aliphatic carbocycles. The summed E-state index contributed by atoms with van der Waals surface area (Å²) >= 11 is 0.558. The third kappa shape index (κ3) is 3.95. The Morgan fingerprint density at radius 1 is 1.28 bits per heavy atom. The molecule has 1 heterocycles. The van der Waals surface area contributed by atoms with Gasteiger partial charge in [-0.3, -0.25) is 4.21 Å². The van der Waals surface area contributed by atoms with Gasteiger partial charge in [-0.1, -0.05) is 23.9 Å². The maximum atomic E-state index is 12.4. The lowest BCUT2D eigenvalue weighted by atomic mass is 10.1. The van der Waals surface area contributed by atoms with E-state index in [1.165, 1.54) is 0 Å². The first-order chi connectivity index (χ1) is 8.65. The van der Waals surface area contributed by atoms with E-state index in [2.05, 4.69) is 5.32 Å². The van der Waals surface area contributed by atoms with E-state index in [0.29, 0.717) is 28.2 Å². The Morgan fingerprint density at radius 2 is 1.94 bits per heavy atom. The number of rotatable bonds is 4. The van der Waals surface area contributed by atoms with Gasteiger partial charge in [-0.15, -0.1) is 0 Å². The van der Waals surface area contributed by atoms with Gasteiger partial charge in [0, 0.05) is 38.9 Å². The highest BCUT2D eigenvalue weighted by atomic mass is 32.2. The van der Waals surface area contributed by atoms with Gasteiger partial charge >= 0.3 is 0 Å². The van der Waals surface area contributed by atoms with Crippen molar-refractivity contribution in [1.29, 1.82) is 0 Å². The molecule has 0 radical (unpaired) electrons. The zero-order chi connectivity index (χ0) is 13.0. The highest BCUT2D eigenvalue weighted by Gasteiger charge is 2.19. The summed E-state index contributed by atoms with van der Waals surface area (Å²) < 4.78 is 36.1. The van der Waals surface area contributed by atoms with Crippen molar-refractivity contribution in [2.24, 2.45) is 0 Å². The number of hydrogen-bond donors (Lipinski definition) is 1. The topological polar surface area (TPSA) is 29.1 Å². The van der Waals surface area contributed by atoms with Crippen molar-refractivity contribution in [3.63, 3.8) is 0 Å². The number of anilines is 1. The van der Waals surface area contributed by atoms with Crippen LogP contribution in [0.25, 0.3) is 0 Å². The molecule has 1 aliphatic heterocycles. The van der Waals surface area contributed by atoms with Gasteiger partial charge in [0.2, 0.25) is 0 Å². The number of thioether (sulfide) groups is 1. The van der Waals surface area contributed by atoms with Crippen LogP contribution in [0.5, 0.6) is 0 Å². The summed E-state index contributed by atoms with van der Waals surface area (Å²) in [7, 11) is -0.699. The third-order valence-electron chi connectivity index (χ3n) is 2.85. The Hall–Kier alpha value is -0.620. The minimum Gasteiger partial charge on any atom is -0.381 e. The molecule has 0 unspecified atom stereocenters. The second-order valence-corrected chi connectivity index (χ2v) is 6.87. The molecule has 18 heavy (non-hydrogen) atoms. The van der Waals surface area contributed by atoms with E-state index >= 15 is 0 Å². The Balaban J connectivity index is 2.02. The molecule has 1 N–H and O–H groups in total. The number of nitrogens with one attached hydrogen (secondary N) is 1. The van der Waals surface area contributed by atoms with Crippen molar-refractivity contribution < 1.29 is 13.0 Å². The van der Waals surface area contributed by atoms with Crippen LogP contribution in [-0.2, 0) is 10.8 Å². The van der Waals surface area contributed by atoms with Gasteiger partial charge < -0.3 is 5.32 Å². The quantitative estimate of drug-likeness (QED) is 0.863. The van der Waals surface area contributed by atoms with Crippen molar-refractivity contribution >= 4 is 28.2 Å². The maximum Gasteiger partial charge on any atom is 0.288 e. The van der Waals surface area contributed by atoms with Crippen LogP contribution in [0.3, 0.4) is 0 Å². The predicted molar refractivity (Wildman–Crippen MR) is 72.8 cm³/mol. The molecule has 2 nitrogen and oxygen atoms in total. The fraction of sp³-hybridized carbons (Fsp3) is 0.500. The van der Waals surface area contributed by atoms with Crippen LogP contribution in [0.15, 0.2) is 29.2 Å². The Bertz CT molecular complexity index is 418. The van der Waals surface area contributed by atoms with Gasteiger partial charge in [-0.05, 0) is 25.0 Å². The molecule has 0 spiro atoms. The number of hydrogen-bond acceptors (Lipinski definition) is 3. The molecular weight excluding hydrogens is 276 g/mol. The Labute approximate surface area is 112 Å². The lowest BCUT2D eigenvalue weighted by molar-refractivity contribution is 0.252. The largest absolute Gasteiger partial charge is 0.381 e. The highest BCUT2D eigenvalue weighted by Crippen LogP contribution is 2.32. The van der Waals surface area contributed by atoms with Crippen LogP contribution in [0.2, 0.25) is 0 Å². The molecule has 1 aromatic carbocycles. The van der Waals surface area contributed by atoms with Crippen molar-refractivity contribution in [3.05, 3.63) is 24.3 Å². The molecule has 1 aromatic rings. The standard InChI is InChI=1S/C12H15F2NOS2/c13-12(14)17-11-4-2-1-3-10(11)15-9-5-7-18(16)8-6-9/h1-4,9,12,15H,5-8H2. The van der Waals surface area contributed by atoms with E-state index in [4.69, 9.17) is 0 Å². The van der Waals surface area contributed by atoms with Gasteiger partial charge in [0.05, 0.1) is 0 Å². The van der Waals surface area contributed by atoms with Gasteiger partial charge in [-0.2, -0.15) is 8.78 Å². The molecule has 1 aliphatic rings. The minimum absolute atomic E-state index is 0.238. The van der Waals surface area contributed by atoms with Gasteiger partial charge in [0.1, 0.15) is 0 Å². The average molecular weight is 291 g/mol. The summed E-state index contributed by atoms with van der Waals surface area (Å²) in [4.78, 5) is 0.569. The van der Waals surface area contributed by atoms with Gasteiger partial charge in [-0.25, -0.2) is 0 Å². The van der Waals surface area contributed by atoms with E-state index in [-0.39, 0.29) is 6.04 Å². The second-order valence-electron chi connectivity index (χ2n) is 4.14. The van der Waals surface area contributed by atoms with Crippen LogP contribution < -0.4 is 5.32 Å². The Morgan fingerprint density at radius 3 is 2.61 bits per heavy atom. The molecule has 1 fully saturated rings. The first-order valence-corrected chi connectivity index (χ1v) is 8.17. The molecule has 0 aromatic heterocycles. The van der Waals surface area contributed by atoms with E-state index in [9.17, 15) is 13.0 Å². The van der Waals surface area contributed by atoms with E-state index in [1.807, 2.05) is 12.1 Å². The number of halogens is 2. The number of alkyl halides is 2. The van der Waals surface area contributed by atoms with E-state index < -0.39 is 16.6 Å². The van der Waals surface area contributed by atoms with Crippen molar-refractivity contribution in [3.8, 4) is 0 Å². The van der Waals surface area contributed by atoms with Crippen LogP contribution in [0, 0.1) is 0 Å². The molecule has 1 saturated heterocycles. The van der Waals surface area contributed by atoms with Crippen LogP contribution in [-0.4, -0.2) is 27.5 Å². The van der Waals surface area contributed by atoms with Crippen LogP contribution in [0.1, 0.15) is 12.8 Å². The molecule has 0 amide bonds. The highest BCUT2D eigenvalue weighted by molar-refractivity contribution is 7.99. The van der Waals surface area contributed by atoms with E-state index in [1.54, 1.807) is 12.1 Å². The first-order valence-electron chi connectivity index (χ1n) is 5.80. The van der Waals surface area contributed by atoms with E-state index in [0.717, 1.165) is 18.5 Å². The number of benzene rings is 1. The first kappa shape index (κ1) is 13.8. The number of para-hydroxylation sites is 1. The molecule has 0 atom stereocenters. The predicted octanol–water partition coefficient (Wildman–Crippen LogP) is 3.32. The monoisotopic (exact) mass is 291 g/mol. The summed E-state index contributed by atoms with van der Waals surface area (Å²) in [5.41, 5.74) is 0.750. The van der Waals surface area contributed by atoms with Crippen LogP contribution >= 0.6 is 11.8 Å². The summed E-state index contributed by atoms with van der Waals surface area (Å²) in [5, 5.41) is 3.29. The SMILES string of the molecule is O=S1CCC(Nc2ccccc2SC(F)F)CC1. The zero-order valence-corrected chi connectivity index (χ0v) is 11.4. The lowest BCUT2D eigenvalue weighted by Crippen LogP contribution is -2.29. The zero-order valence-electron chi connectivity index (χ0n) is 9.77. The van der Waals surface area contributed by atoms with Crippen molar-refractivity contribution in [1.82, 2.24) is 0 Å². The summed E-state index contributed by atoms with van der Waals surface area (Å²) in [5.74, 6) is -1.02. The molecule has 6 heteroatoms. The van der Waals surface area contributed by atoms with Crippen molar-refractivity contribution in [2.45, 2.75) is 29.5 Å². The molecule has 2 rings (SSSR count). The molecule has 0 saturated carbocycles. The second kappa shape index (κ2) is 6.52. The summed E-state index contributed by atoms with van der Waals surface area (Å²) in [6, 6.07) is 7.34. The molecule has 0 bridgehead atoms. The van der Waals surface area contributed by atoms with Crippen molar-refractivity contribution in [2.75, 3.05) is 16.8 Å². The summed E-state index contributed by atoms with van der Waals surface area (Å²) in [6.07, 6.45) is 1.67. The fourth-order valence-electron chi connectivity index (χ4n) is 1.94. The average Bonchev–Trinajstić information content (AvgIpc) is 2.34. The lowest BCUT2D eigenvalue weighted by Gasteiger charge is -2.24. The molecular formula is C12H15F2NOS2. The van der Waals surface area contributed by atoms with Gasteiger partial charge in [0.15, 0.2) is 0 Å². The Kier molecular flexibility index (Phi) is 5.00. The summed E-state index contributed by atoms with van der Waals surface area (Å²) in [6.45, 7) is 0. The normalized spacial score (nSPS) is 24.2. The fourth-order valence-corrected chi connectivity index (χ4v) is 3.84. The van der Waals surface area contributed by atoms with Crippen LogP contribution in [0.4, 0.5) is 14.5 Å².